The second-order valence-corrected chi connectivity index (χ2v) is 7.28. The first kappa shape index (κ1) is 17.1. The molecule has 1 N–H and O–H groups in total. The summed E-state index contributed by atoms with van der Waals surface area (Å²) in [4.78, 5) is 19.2. The van der Waals surface area contributed by atoms with Gasteiger partial charge in [-0.3, -0.25) is 0 Å². The molecule has 26 heavy (non-hydrogen) atoms. The lowest BCUT2D eigenvalue weighted by Gasteiger charge is -2.32. The average molecular weight is 354 g/mol. The van der Waals surface area contributed by atoms with Gasteiger partial charge in [0.1, 0.15) is 0 Å². The van der Waals surface area contributed by atoms with Gasteiger partial charge in [0, 0.05) is 57.2 Å². The van der Waals surface area contributed by atoms with Crippen molar-refractivity contribution in [2.45, 2.75) is 24.8 Å². The Morgan fingerprint density at radius 1 is 1.35 bits per heavy atom. The van der Waals surface area contributed by atoms with Gasteiger partial charge in [-0.25, -0.2) is 9.78 Å². The quantitative estimate of drug-likeness (QED) is 0.915. The number of benzene rings is 1. The normalized spacial score (nSPS) is 25.1. The van der Waals surface area contributed by atoms with Crippen LogP contribution in [0.4, 0.5) is 4.79 Å². The minimum Gasteiger partial charge on any atom is -0.381 e. The molecule has 138 valence electrons. The van der Waals surface area contributed by atoms with Gasteiger partial charge in [-0.05, 0) is 12.0 Å². The summed E-state index contributed by atoms with van der Waals surface area (Å²) in [5.74, 6) is 0.732. The fourth-order valence-electron chi connectivity index (χ4n) is 4.28. The first-order valence-corrected chi connectivity index (χ1v) is 9.36. The van der Waals surface area contributed by atoms with Crippen molar-refractivity contribution in [3.8, 4) is 0 Å². The van der Waals surface area contributed by atoms with Crippen LogP contribution in [0.15, 0.2) is 42.9 Å². The third kappa shape index (κ3) is 3.46. The fraction of sp³-hybridized carbons (Fsp3) is 0.500. The first-order chi connectivity index (χ1) is 12.7. The van der Waals surface area contributed by atoms with E-state index in [-0.39, 0.29) is 12.1 Å². The fourth-order valence-corrected chi connectivity index (χ4v) is 4.28. The van der Waals surface area contributed by atoms with Gasteiger partial charge in [0.2, 0.25) is 0 Å². The van der Waals surface area contributed by atoms with Gasteiger partial charge < -0.3 is 19.5 Å². The Bertz CT molecular complexity index is 745. The summed E-state index contributed by atoms with van der Waals surface area (Å²) in [6.07, 6.45) is 5.44. The number of aryl methyl sites for hydroxylation is 1. The van der Waals surface area contributed by atoms with Crippen LogP contribution in [0.3, 0.4) is 0 Å². The maximum atomic E-state index is 12.8. The van der Waals surface area contributed by atoms with E-state index in [0.717, 1.165) is 38.3 Å². The van der Waals surface area contributed by atoms with Crippen LogP contribution in [-0.4, -0.2) is 52.8 Å². The number of nitrogens with zero attached hydrogens (tertiary/aromatic N) is 3. The first-order valence-electron chi connectivity index (χ1n) is 9.36. The maximum absolute atomic E-state index is 12.8. The van der Waals surface area contributed by atoms with Crippen molar-refractivity contribution in [3.05, 3.63) is 54.1 Å². The number of aromatic nitrogens is 2. The number of ether oxygens (including phenoxy) is 1. The molecule has 6 heteroatoms. The summed E-state index contributed by atoms with van der Waals surface area (Å²) in [7, 11) is 1.95. The Morgan fingerprint density at radius 3 is 2.96 bits per heavy atom. The second-order valence-electron chi connectivity index (χ2n) is 7.28. The number of amides is 2. The van der Waals surface area contributed by atoms with Gasteiger partial charge in [-0.2, -0.15) is 0 Å². The molecule has 1 aromatic heterocycles. The summed E-state index contributed by atoms with van der Waals surface area (Å²) in [5, 5.41) is 3.08. The molecule has 6 nitrogen and oxygen atoms in total. The van der Waals surface area contributed by atoms with E-state index in [4.69, 9.17) is 4.74 Å². The van der Waals surface area contributed by atoms with E-state index in [1.165, 1.54) is 5.56 Å². The topological polar surface area (TPSA) is 59.4 Å². The van der Waals surface area contributed by atoms with Crippen LogP contribution in [0.1, 0.15) is 23.6 Å². The number of carbonyl (C=O) groups is 1. The van der Waals surface area contributed by atoms with Gasteiger partial charge in [0.15, 0.2) is 0 Å². The molecule has 4 rings (SSSR count). The molecule has 2 saturated heterocycles. The molecule has 0 spiro atoms. The van der Waals surface area contributed by atoms with E-state index in [1.807, 2.05) is 28.8 Å². The van der Waals surface area contributed by atoms with Gasteiger partial charge >= 0.3 is 6.03 Å². The lowest BCUT2D eigenvalue weighted by molar-refractivity contribution is 0.0262. The van der Waals surface area contributed by atoms with Gasteiger partial charge in [0.25, 0.3) is 0 Å². The Labute approximate surface area is 154 Å². The number of likely N-dealkylation sites (tertiary alicyclic amines) is 1. The number of nitrogens with one attached hydrogen (secondary N) is 1. The molecule has 2 aromatic rings. The van der Waals surface area contributed by atoms with E-state index >= 15 is 0 Å². The molecule has 0 radical (unpaired) electrons. The van der Waals surface area contributed by atoms with E-state index in [9.17, 15) is 4.79 Å². The Balaban J connectivity index is 1.41. The van der Waals surface area contributed by atoms with Crippen molar-refractivity contribution in [3.63, 3.8) is 0 Å². The zero-order chi connectivity index (χ0) is 17.9. The number of carbonyl (C=O) groups excluding carboxylic acids is 1. The van der Waals surface area contributed by atoms with Crippen LogP contribution in [0.25, 0.3) is 0 Å². The standard InChI is InChI=1S/C20H26N4O2/c1-23-11-16(22-14-23)7-9-21-20(25)24-12-17(15-5-3-2-4-6-15)18-13-26-10-8-19(18)24/h2-6,11,14,17-19H,7-10,12-13H2,1H3,(H,21,25)/t17-,18-,19+/m1/s1. The largest absolute Gasteiger partial charge is 0.381 e. The molecule has 1 aromatic carbocycles. The lowest BCUT2D eigenvalue weighted by atomic mass is 9.84. The third-order valence-corrected chi connectivity index (χ3v) is 5.58. The van der Waals surface area contributed by atoms with Crippen molar-refractivity contribution >= 4 is 6.03 Å². The molecule has 2 fully saturated rings. The Hall–Kier alpha value is -2.34. The van der Waals surface area contributed by atoms with Crippen molar-refractivity contribution in [2.75, 3.05) is 26.3 Å². The molecule has 2 aliphatic rings. The predicted octanol–water partition coefficient (Wildman–Crippen LogP) is 2.18. The van der Waals surface area contributed by atoms with Crippen molar-refractivity contribution in [1.29, 1.82) is 0 Å². The van der Waals surface area contributed by atoms with Crippen molar-refractivity contribution in [2.24, 2.45) is 13.0 Å². The van der Waals surface area contributed by atoms with Crippen LogP contribution in [0.2, 0.25) is 0 Å². The highest BCUT2D eigenvalue weighted by molar-refractivity contribution is 5.75. The van der Waals surface area contributed by atoms with Crippen molar-refractivity contribution in [1.82, 2.24) is 19.8 Å². The predicted molar refractivity (Wildman–Crippen MR) is 98.9 cm³/mol. The zero-order valence-electron chi connectivity index (χ0n) is 15.2. The van der Waals surface area contributed by atoms with Crippen LogP contribution < -0.4 is 5.32 Å². The molecule has 2 amide bonds. The summed E-state index contributed by atoms with van der Waals surface area (Å²) < 4.78 is 7.66. The van der Waals surface area contributed by atoms with Crippen molar-refractivity contribution < 1.29 is 9.53 Å². The molecule has 0 aliphatic carbocycles. The highest BCUT2D eigenvalue weighted by atomic mass is 16.5. The molecule has 2 aliphatic heterocycles. The van der Waals surface area contributed by atoms with Crippen LogP contribution in [0, 0.1) is 5.92 Å². The zero-order valence-corrected chi connectivity index (χ0v) is 15.2. The molecule has 0 saturated carbocycles. The highest BCUT2D eigenvalue weighted by Gasteiger charge is 2.45. The number of fused-ring (bicyclic) bond motifs is 1. The summed E-state index contributed by atoms with van der Waals surface area (Å²) in [6.45, 7) is 2.84. The number of urea groups is 1. The summed E-state index contributed by atoms with van der Waals surface area (Å²) >= 11 is 0. The van der Waals surface area contributed by atoms with Crippen LogP contribution >= 0.6 is 0 Å². The number of imidazole rings is 1. The Kier molecular flexibility index (Phi) is 4.93. The molecule has 3 heterocycles. The Morgan fingerprint density at radius 2 is 2.19 bits per heavy atom. The van der Waals surface area contributed by atoms with E-state index in [0.29, 0.717) is 18.4 Å². The molecular formula is C20H26N4O2. The van der Waals surface area contributed by atoms with Gasteiger partial charge in [0.05, 0.1) is 18.6 Å². The summed E-state index contributed by atoms with van der Waals surface area (Å²) in [5.41, 5.74) is 2.30. The lowest BCUT2D eigenvalue weighted by Crippen LogP contribution is -2.47. The highest BCUT2D eigenvalue weighted by Crippen LogP contribution is 2.40. The summed E-state index contributed by atoms with van der Waals surface area (Å²) in [6, 6.07) is 10.8. The SMILES string of the molecule is Cn1cnc(CCNC(=O)N2C[C@H](c3ccccc3)[C@H]3COCC[C@@H]32)c1. The van der Waals surface area contributed by atoms with E-state index in [1.54, 1.807) is 6.33 Å². The van der Waals surface area contributed by atoms with Crippen LogP contribution in [-0.2, 0) is 18.2 Å². The maximum Gasteiger partial charge on any atom is 0.317 e. The minimum atomic E-state index is 0.0382. The monoisotopic (exact) mass is 354 g/mol. The molecule has 0 bridgehead atoms. The smallest absolute Gasteiger partial charge is 0.317 e. The number of rotatable bonds is 4. The number of hydrogen-bond acceptors (Lipinski definition) is 3. The third-order valence-electron chi connectivity index (χ3n) is 5.58. The van der Waals surface area contributed by atoms with Crippen LogP contribution in [0.5, 0.6) is 0 Å². The number of hydrogen-bond donors (Lipinski definition) is 1. The molecule has 0 unspecified atom stereocenters. The van der Waals surface area contributed by atoms with E-state index in [2.05, 4.69) is 34.6 Å². The molecular weight excluding hydrogens is 328 g/mol. The van der Waals surface area contributed by atoms with E-state index < -0.39 is 0 Å². The molecule has 3 atom stereocenters. The second kappa shape index (κ2) is 7.50. The minimum absolute atomic E-state index is 0.0382. The average Bonchev–Trinajstić information content (AvgIpc) is 3.26. The van der Waals surface area contributed by atoms with Gasteiger partial charge in [-0.1, -0.05) is 30.3 Å². The van der Waals surface area contributed by atoms with Gasteiger partial charge in [-0.15, -0.1) is 0 Å².